The van der Waals surface area contributed by atoms with Gasteiger partial charge in [0, 0.05) is 44.2 Å². The van der Waals surface area contributed by atoms with E-state index in [4.69, 9.17) is 0 Å². The van der Waals surface area contributed by atoms with Crippen molar-refractivity contribution in [2.45, 2.75) is 52.6 Å². The van der Waals surface area contributed by atoms with Gasteiger partial charge in [0.15, 0.2) is 0 Å². The van der Waals surface area contributed by atoms with E-state index >= 15 is 0 Å². The van der Waals surface area contributed by atoms with Crippen molar-refractivity contribution in [3.05, 3.63) is 35.4 Å². The SMILES string of the molecule is CCC(C)N1CC2(CN(Cc3cccc(C(C)C)c3)C2)C1. The molecule has 2 aliphatic heterocycles. The average molecular weight is 286 g/mol. The summed E-state index contributed by atoms with van der Waals surface area (Å²) in [7, 11) is 0. The van der Waals surface area contributed by atoms with Crippen LogP contribution in [-0.4, -0.2) is 42.0 Å². The summed E-state index contributed by atoms with van der Waals surface area (Å²) < 4.78 is 0. The minimum absolute atomic E-state index is 0.628. The van der Waals surface area contributed by atoms with Crippen LogP contribution < -0.4 is 0 Å². The Labute approximate surface area is 130 Å². The summed E-state index contributed by atoms with van der Waals surface area (Å²) >= 11 is 0. The smallest absolute Gasteiger partial charge is 0.0234 e. The van der Waals surface area contributed by atoms with Crippen molar-refractivity contribution >= 4 is 0 Å². The van der Waals surface area contributed by atoms with Gasteiger partial charge in [-0.1, -0.05) is 45.0 Å². The third-order valence-electron chi connectivity index (χ3n) is 5.43. The van der Waals surface area contributed by atoms with Gasteiger partial charge in [0.2, 0.25) is 0 Å². The molecule has 3 rings (SSSR count). The number of hydrogen-bond donors (Lipinski definition) is 0. The highest BCUT2D eigenvalue weighted by atomic mass is 15.3. The van der Waals surface area contributed by atoms with E-state index in [0.717, 1.165) is 12.6 Å². The first kappa shape index (κ1) is 15.1. The first-order valence-electron chi connectivity index (χ1n) is 8.56. The fraction of sp³-hybridized carbons (Fsp3) is 0.684. The molecule has 0 saturated carbocycles. The van der Waals surface area contributed by atoms with Gasteiger partial charge >= 0.3 is 0 Å². The molecule has 0 amide bonds. The average Bonchev–Trinajstić information content (AvgIpc) is 2.39. The number of hydrogen-bond acceptors (Lipinski definition) is 2. The second-order valence-corrected chi connectivity index (χ2v) is 7.71. The molecule has 2 heteroatoms. The van der Waals surface area contributed by atoms with Crippen molar-refractivity contribution in [2.24, 2.45) is 5.41 Å². The lowest BCUT2D eigenvalue weighted by molar-refractivity contribution is -0.131. The van der Waals surface area contributed by atoms with Crippen LogP contribution >= 0.6 is 0 Å². The van der Waals surface area contributed by atoms with Gasteiger partial charge < -0.3 is 0 Å². The zero-order valence-corrected chi connectivity index (χ0v) is 14.1. The Bertz CT molecular complexity index is 480. The molecule has 1 atom stereocenters. The fourth-order valence-electron chi connectivity index (χ4n) is 3.91. The molecule has 1 aromatic carbocycles. The molecule has 2 nitrogen and oxygen atoms in total. The van der Waals surface area contributed by atoms with E-state index in [1.165, 1.54) is 43.7 Å². The fourth-order valence-corrected chi connectivity index (χ4v) is 3.91. The predicted octanol–water partition coefficient (Wildman–Crippen LogP) is 3.73. The van der Waals surface area contributed by atoms with Crippen molar-refractivity contribution in [1.29, 1.82) is 0 Å². The van der Waals surface area contributed by atoms with Gasteiger partial charge in [-0.3, -0.25) is 9.80 Å². The van der Waals surface area contributed by atoms with Crippen molar-refractivity contribution in [3.8, 4) is 0 Å². The molecule has 1 unspecified atom stereocenters. The minimum atomic E-state index is 0.628. The summed E-state index contributed by atoms with van der Waals surface area (Å²) in [6.45, 7) is 15.6. The van der Waals surface area contributed by atoms with Gasteiger partial charge in [-0.05, 0) is 30.4 Å². The van der Waals surface area contributed by atoms with Gasteiger partial charge in [-0.2, -0.15) is 0 Å². The Morgan fingerprint density at radius 3 is 2.43 bits per heavy atom. The molecule has 2 heterocycles. The Balaban J connectivity index is 1.49. The molecule has 0 radical (unpaired) electrons. The molecule has 0 N–H and O–H groups in total. The molecule has 0 aliphatic carbocycles. The number of benzene rings is 1. The van der Waals surface area contributed by atoms with Crippen molar-refractivity contribution < 1.29 is 0 Å². The molecule has 2 saturated heterocycles. The lowest BCUT2D eigenvalue weighted by Gasteiger charge is -2.62. The normalized spacial score (nSPS) is 23.1. The highest BCUT2D eigenvalue weighted by Gasteiger charge is 2.51. The lowest BCUT2D eigenvalue weighted by atomic mass is 9.72. The molecule has 21 heavy (non-hydrogen) atoms. The van der Waals surface area contributed by atoms with Gasteiger partial charge in [-0.15, -0.1) is 0 Å². The monoisotopic (exact) mass is 286 g/mol. The number of likely N-dealkylation sites (tertiary alicyclic amines) is 2. The van der Waals surface area contributed by atoms with E-state index in [1.54, 1.807) is 0 Å². The van der Waals surface area contributed by atoms with Gasteiger partial charge in [-0.25, -0.2) is 0 Å². The van der Waals surface area contributed by atoms with E-state index in [2.05, 4.69) is 61.8 Å². The topological polar surface area (TPSA) is 6.48 Å². The first-order valence-corrected chi connectivity index (χ1v) is 8.56. The molecule has 2 fully saturated rings. The summed E-state index contributed by atoms with van der Waals surface area (Å²) in [6, 6.07) is 9.91. The molecular formula is C19H30N2. The zero-order chi connectivity index (χ0) is 15.0. The van der Waals surface area contributed by atoms with Crippen molar-refractivity contribution in [2.75, 3.05) is 26.2 Å². The van der Waals surface area contributed by atoms with Crippen LogP contribution in [0.3, 0.4) is 0 Å². The van der Waals surface area contributed by atoms with E-state index in [1.807, 2.05) is 0 Å². The minimum Gasteiger partial charge on any atom is -0.299 e. The molecule has 1 spiro atoms. The molecule has 1 aromatic rings. The van der Waals surface area contributed by atoms with Gasteiger partial charge in [0.1, 0.15) is 0 Å². The van der Waals surface area contributed by atoms with Gasteiger partial charge in [0.25, 0.3) is 0 Å². The van der Waals surface area contributed by atoms with E-state index < -0.39 is 0 Å². The zero-order valence-electron chi connectivity index (χ0n) is 14.1. The summed E-state index contributed by atoms with van der Waals surface area (Å²) in [5.41, 5.74) is 3.59. The van der Waals surface area contributed by atoms with Crippen LogP contribution in [0.15, 0.2) is 24.3 Å². The van der Waals surface area contributed by atoms with Crippen molar-refractivity contribution in [3.63, 3.8) is 0 Å². The van der Waals surface area contributed by atoms with Crippen LogP contribution in [0.4, 0.5) is 0 Å². The first-order chi connectivity index (χ1) is 10.0. The molecule has 2 aliphatic rings. The maximum Gasteiger partial charge on any atom is 0.0234 e. The highest BCUT2D eigenvalue weighted by Crippen LogP contribution is 2.41. The second-order valence-electron chi connectivity index (χ2n) is 7.71. The van der Waals surface area contributed by atoms with Gasteiger partial charge in [0.05, 0.1) is 0 Å². The van der Waals surface area contributed by atoms with Crippen LogP contribution in [0.1, 0.15) is 51.2 Å². The quantitative estimate of drug-likeness (QED) is 0.814. The lowest BCUT2D eigenvalue weighted by Crippen LogP contribution is -2.72. The maximum atomic E-state index is 2.65. The van der Waals surface area contributed by atoms with E-state index in [0.29, 0.717) is 11.3 Å². The second kappa shape index (κ2) is 5.73. The molecule has 0 aromatic heterocycles. The largest absolute Gasteiger partial charge is 0.299 e. The summed E-state index contributed by atoms with van der Waals surface area (Å²) in [5.74, 6) is 0.628. The summed E-state index contributed by atoms with van der Waals surface area (Å²) in [6.07, 6.45) is 1.28. The van der Waals surface area contributed by atoms with Crippen LogP contribution in [0.5, 0.6) is 0 Å². The molecule has 116 valence electrons. The Morgan fingerprint density at radius 2 is 1.81 bits per heavy atom. The Kier molecular flexibility index (Phi) is 4.11. The number of rotatable bonds is 5. The summed E-state index contributed by atoms with van der Waals surface area (Å²) in [5, 5.41) is 0. The summed E-state index contributed by atoms with van der Waals surface area (Å²) in [4.78, 5) is 5.27. The molecule has 0 bridgehead atoms. The van der Waals surface area contributed by atoms with Crippen LogP contribution in [0.25, 0.3) is 0 Å². The predicted molar refractivity (Wildman–Crippen MR) is 89.6 cm³/mol. The Morgan fingerprint density at radius 1 is 1.10 bits per heavy atom. The van der Waals surface area contributed by atoms with Crippen molar-refractivity contribution in [1.82, 2.24) is 9.80 Å². The highest BCUT2D eigenvalue weighted by molar-refractivity contribution is 5.26. The van der Waals surface area contributed by atoms with Crippen LogP contribution in [0.2, 0.25) is 0 Å². The van der Waals surface area contributed by atoms with E-state index in [-0.39, 0.29) is 0 Å². The van der Waals surface area contributed by atoms with Crippen LogP contribution in [-0.2, 0) is 6.54 Å². The van der Waals surface area contributed by atoms with E-state index in [9.17, 15) is 0 Å². The van der Waals surface area contributed by atoms with Crippen LogP contribution in [0, 0.1) is 5.41 Å². The maximum absolute atomic E-state index is 2.65. The number of nitrogens with zero attached hydrogens (tertiary/aromatic N) is 2. The Hall–Kier alpha value is -0.860. The third-order valence-corrected chi connectivity index (χ3v) is 5.43. The third kappa shape index (κ3) is 3.02. The molecular weight excluding hydrogens is 256 g/mol. The standard InChI is InChI=1S/C19H30N2/c1-5-16(4)21-13-19(14-21)11-20(12-19)10-17-7-6-8-18(9-17)15(2)3/h6-9,15-16H,5,10-14H2,1-4H3.